The van der Waals surface area contributed by atoms with Crippen LogP contribution in [0.25, 0.3) is 0 Å². The van der Waals surface area contributed by atoms with Crippen LogP contribution in [0.15, 0.2) is 30.6 Å². The summed E-state index contributed by atoms with van der Waals surface area (Å²) in [6.45, 7) is 7.43. The maximum Gasteiger partial charge on any atom is 0.303 e. The fraction of sp³-hybridized carbons (Fsp3) is 0.545. The van der Waals surface area contributed by atoms with Crippen molar-refractivity contribution in [3.8, 4) is 0 Å². The lowest BCUT2D eigenvalue weighted by Crippen LogP contribution is -2.26. The number of nitrogens with zero attached hydrogens (tertiary/aromatic N) is 2. The summed E-state index contributed by atoms with van der Waals surface area (Å²) in [7, 11) is 0. The van der Waals surface area contributed by atoms with Gasteiger partial charge >= 0.3 is 5.97 Å². The Morgan fingerprint density at radius 2 is 2.04 bits per heavy atom. The van der Waals surface area contributed by atoms with Gasteiger partial charge in [-0.25, -0.2) is 4.98 Å². The van der Waals surface area contributed by atoms with Gasteiger partial charge in [-0.15, -0.1) is 0 Å². The molecule has 0 bridgehead atoms. The third-order valence-electron chi connectivity index (χ3n) is 6.29. The van der Waals surface area contributed by atoms with Crippen LogP contribution in [0.2, 0.25) is 0 Å². The molecule has 4 nitrogen and oxygen atoms in total. The van der Waals surface area contributed by atoms with Gasteiger partial charge in [-0.05, 0) is 55.2 Å². The first-order chi connectivity index (χ1) is 12.4. The van der Waals surface area contributed by atoms with E-state index >= 15 is 0 Å². The van der Waals surface area contributed by atoms with E-state index in [0.29, 0.717) is 0 Å². The molecule has 0 spiro atoms. The topological polar surface area (TPSA) is 55.1 Å². The van der Waals surface area contributed by atoms with Gasteiger partial charge in [-0.2, -0.15) is 0 Å². The number of carbonyl (C=O) groups is 1. The molecule has 0 amide bonds. The molecule has 0 aliphatic heterocycles. The first kappa shape index (κ1) is 18.7. The van der Waals surface area contributed by atoms with Crippen LogP contribution >= 0.6 is 0 Å². The van der Waals surface area contributed by atoms with Gasteiger partial charge in [0.05, 0.1) is 0 Å². The Kier molecular flexibility index (Phi) is 5.49. The second kappa shape index (κ2) is 7.65. The average Bonchev–Trinajstić information content (AvgIpc) is 3.25. The zero-order valence-corrected chi connectivity index (χ0v) is 16.2. The normalized spacial score (nSPS) is 17.3. The maximum atomic E-state index is 11.1. The van der Waals surface area contributed by atoms with Gasteiger partial charge < -0.3 is 9.67 Å². The quantitative estimate of drug-likeness (QED) is 0.754. The number of hydrogen-bond donors (Lipinski definition) is 1. The zero-order chi connectivity index (χ0) is 18.7. The van der Waals surface area contributed by atoms with Gasteiger partial charge in [-0.3, -0.25) is 4.79 Å². The van der Waals surface area contributed by atoms with E-state index in [-0.39, 0.29) is 17.8 Å². The number of aromatic nitrogens is 2. The van der Waals surface area contributed by atoms with Crippen LogP contribution in [-0.2, 0) is 11.3 Å². The first-order valence-electron chi connectivity index (χ1n) is 9.71. The predicted molar refractivity (Wildman–Crippen MR) is 103 cm³/mol. The molecule has 2 aromatic rings. The summed E-state index contributed by atoms with van der Waals surface area (Å²) < 4.78 is 2.28. The van der Waals surface area contributed by atoms with Crippen LogP contribution in [0.3, 0.4) is 0 Å². The fourth-order valence-corrected chi connectivity index (χ4v) is 4.56. The summed E-state index contributed by atoms with van der Waals surface area (Å²) in [6.07, 6.45) is 9.63. The van der Waals surface area contributed by atoms with Crippen molar-refractivity contribution in [1.82, 2.24) is 9.55 Å². The summed E-state index contributed by atoms with van der Waals surface area (Å²) >= 11 is 0. The Hall–Kier alpha value is -2.10. The van der Waals surface area contributed by atoms with E-state index in [0.717, 1.165) is 31.6 Å². The molecule has 1 aromatic heterocycles. The molecule has 1 aromatic carbocycles. The fourth-order valence-electron chi connectivity index (χ4n) is 4.56. The van der Waals surface area contributed by atoms with Crippen molar-refractivity contribution in [2.75, 3.05) is 0 Å². The lowest BCUT2D eigenvalue weighted by Gasteiger charge is -2.30. The predicted octanol–water partition coefficient (Wildman–Crippen LogP) is 5.08. The molecule has 1 unspecified atom stereocenters. The number of aryl methyl sites for hydroxylation is 1. The summed E-state index contributed by atoms with van der Waals surface area (Å²) in [4.78, 5) is 15.8. The SMILES string of the molecule is Cc1cccc(C(C)c2nccn2CC2(CCC(=O)O)CCCC2)c1C. The molecule has 1 saturated carbocycles. The number of aliphatic carboxylic acids is 1. The number of imidazole rings is 1. The summed E-state index contributed by atoms with van der Waals surface area (Å²) in [5, 5.41) is 9.14. The zero-order valence-electron chi connectivity index (χ0n) is 16.2. The molecular formula is C22H30N2O2. The Morgan fingerprint density at radius 1 is 1.31 bits per heavy atom. The third kappa shape index (κ3) is 3.84. The van der Waals surface area contributed by atoms with Crippen LogP contribution in [0.5, 0.6) is 0 Å². The monoisotopic (exact) mass is 354 g/mol. The summed E-state index contributed by atoms with van der Waals surface area (Å²) in [6, 6.07) is 6.46. The molecule has 1 aliphatic rings. The van der Waals surface area contributed by atoms with Gasteiger partial charge in [0.2, 0.25) is 0 Å². The highest BCUT2D eigenvalue weighted by Gasteiger charge is 2.35. The lowest BCUT2D eigenvalue weighted by molar-refractivity contribution is -0.137. The second-order valence-electron chi connectivity index (χ2n) is 8.03. The van der Waals surface area contributed by atoms with Crippen molar-refractivity contribution in [3.63, 3.8) is 0 Å². The van der Waals surface area contributed by atoms with E-state index in [1.54, 1.807) is 0 Å². The highest BCUT2D eigenvalue weighted by Crippen LogP contribution is 2.44. The minimum absolute atomic E-state index is 0.106. The second-order valence-corrected chi connectivity index (χ2v) is 8.03. The van der Waals surface area contributed by atoms with E-state index in [2.05, 4.69) is 54.7 Å². The van der Waals surface area contributed by atoms with Crippen molar-refractivity contribution < 1.29 is 9.90 Å². The summed E-state index contributed by atoms with van der Waals surface area (Å²) in [5.74, 6) is 0.619. The Balaban J connectivity index is 1.85. The maximum absolute atomic E-state index is 11.1. The van der Waals surface area contributed by atoms with Crippen LogP contribution in [0.4, 0.5) is 0 Å². The largest absolute Gasteiger partial charge is 0.481 e. The molecule has 1 aliphatic carbocycles. The molecule has 140 valence electrons. The Labute approximate surface area is 156 Å². The first-order valence-corrected chi connectivity index (χ1v) is 9.71. The van der Waals surface area contributed by atoms with E-state index in [1.165, 1.54) is 29.5 Å². The van der Waals surface area contributed by atoms with Crippen molar-refractivity contribution in [2.45, 2.75) is 71.8 Å². The molecule has 1 N–H and O–H groups in total. The third-order valence-corrected chi connectivity index (χ3v) is 6.29. The highest BCUT2D eigenvalue weighted by molar-refractivity contribution is 5.66. The molecule has 0 saturated heterocycles. The molecule has 1 heterocycles. The van der Waals surface area contributed by atoms with Crippen molar-refractivity contribution in [1.29, 1.82) is 0 Å². The number of hydrogen-bond acceptors (Lipinski definition) is 2. The van der Waals surface area contributed by atoms with Crippen molar-refractivity contribution >= 4 is 5.97 Å². The van der Waals surface area contributed by atoms with Gasteiger partial charge in [0.15, 0.2) is 0 Å². The molecule has 26 heavy (non-hydrogen) atoms. The van der Waals surface area contributed by atoms with E-state index in [4.69, 9.17) is 5.11 Å². The van der Waals surface area contributed by atoms with Crippen LogP contribution in [-0.4, -0.2) is 20.6 Å². The smallest absolute Gasteiger partial charge is 0.303 e. The van der Waals surface area contributed by atoms with Crippen LogP contribution in [0, 0.1) is 19.3 Å². The van der Waals surface area contributed by atoms with Crippen molar-refractivity contribution in [3.05, 3.63) is 53.1 Å². The number of benzene rings is 1. The molecule has 4 heteroatoms. The van der Waals surface area contributed by atoms with Gasteiger partial charge in [0.1, 0.15) is 5.82 Å². The Morgan fingerprint density at radius 3 is 2.73 bits per heavy atom. The number of rotatable bonds is 7. The van der Waals surface area contributed by atoms with Crippen LogP contribution in [0.1, 0.15) is 73.9 Å². The molecular weight excluding hydrogens is 324 g/mol. The van der Waals surface area contributed by atoms with Gasteiger partial charge in [-0.1, -0.05) is 38.0 Å². The van der Waals surface area contributed by atoms with E-state index < -0.39 is 5.97 Å². The average molecular weight is 354 g/mol. The van der Waals surface area contributed by atoms with Gasteiger partial charge in [0.25, 0.3) is 0 Å². The minimum atomic E-state index is -0.689. The minimum Gasteiger partial charge on any atom is -0.481 e. The van der Waals surface area contributed by atoms with E-state index in [1.807, 2.05) is 6.20 Å². The molecule has 3 rings (SSSR count). The number of carboxylic acid groups (broad SMARTS) is 1. The molecule has 1 atom stereocenters. The summed E-state index contributed by atoms with van der Waals surface area (Å²) in [5.41, 5.74) is 4.07. The Bertz CT molecular complexity index is 772. The van der Waals surface area contributed by atoms with Crippen LogP contribution < -0.4 is 0 Å². The lowest BCUT2D eigenvalue weighted by atomic mass is 9.81. The van der Waals surface area contributed by atoms with Crippen molar-refractivity contribution in [2.24, 2.45) is 5.41 Å². The molecule has 0 radical (unpaired) electrons. The standard InChI is InChI=1S/C22H30N2O2/c1-16-7-6-8-19(17(16)2)18(3)21-23-13-14-24(21)15-22(10-4-5-11-22)12-9-20(25)26/h6-8,13-14,18H,4-5,9-12,15H2,1-3H3,(H,25,26). The number of carboxylic acids is 1. The highest BCUT2D eigenvalue weighted by atomic mass is 16.4. The molecule has 1 fully saturated rings. The van der Waals surface area contributed by atoms with E-state index in [9.17, 15) is 4.79 Å². The van der Waals surface area contributed by atoms with Gasteiger partial charge in [0, 0.05) is 31.3 Å².